The zero-order chi connectivity index (χ0) is 15.6. The number of nitrogens with two attached hydrogens (primary N) is 1. The lowest BCUT2D eigenvalue weighted by Crippen LogP contribution is -2.49. The lowest BCUT2D eigenvalue weighted by atomic mass is 9.92. The van der Waals surface area contributed by atoms with Crippen molar-refractivity contribution in [2.24, 2.45) is 11.7 Å². The van der Waals surface area contributed by atoms with Crippen molar-refractivity contribution in [2.75, 3.05) is 13.1 Å². The van der Waals surface area contributed by atoms with Gasteiger partial charge in [0.2, 0.25) is 0 Å². The fourth-order valence-corrected chi connectivity index (χ4v) is 2.71. The number of benzene rings is 1. The predicted octanol–water partition coefficient (Wildman–Crippen LogP) is 2.36. The first-order valence-corrected chi connectivity index (χ1v) is 6.88. The summed E-state index contributed by atoms with van der Waals surface area (Å²) in [7, 11) is 0. The molecule has 1 aliphatic heterocycles. The standard InChI is InChI=1S/C14H18FN3O3.ClH/c1-9-2-3-17(13(4-9)8-16)14(19)10-5-11(15)7-12(6-10)18(20)21;/h5-7,9,13H,2-4,8,16H2,1H3;1H. The number of carbonyl (C=O) groups excluding carboxylic acids is 1. The van der Waals surface area contributed by atoms with E-state index in [4.69, 9.17) is 5.73 Å². The third kappa shape index (κ3) is 3.92. The number of rotatable bonds is 3. The van der Waals surface area contributed by atoms with E-state index in [0.29, 0.717) is 19.0 Å². The second-order valence-corrected chi connectivity index (χ2v) is 5.47. The highest BCUT2D eigenvalue weighted by molar-refractivity contribution is 5.95. The van der Waals surface area contributed by atoms with Gasteiger partial charge in [0.05, 0.1) is 11.0 Å². The number of halogens is 2. The quantitative estimate of drug-likeness (QED) is 0.680. The van der Waals surface area contributed by atoms with E-state index in [0.717, 1.165) is 31.0 Å². The summed E-state index contributed by atoms with van der Waals surface area (Å²) >= 11 is 0. The van der Waals surface area contributed by atoms with Gasteiger partial charge in [0.25, 0.3) is 11.6 Å². The highest BCUT2D eigenvalue weighted by atomic mass is 35.5. The minimum absolute atomic E-state index is 0. The molecule has 0 bridgehead atoms. The van der Waals surface area contributed by atoms with Crippen LogP contribution in [0.3, 0.4) is 0 Å². The van der Waals surface area contributed by atoms with E-state index in [9.17, 15) is 19.3 Å². The average Bonchev–Trinajstić information content (AvgIpc) is 2.45. The summed E-state index contributed by atoms with van der Waals surface area (Å²) in [6.07, 6.45) is 1.64. The van der Waals surface area contributed by atoms with Crippen molar-refractivity contribution >= 4 is 24.0 Å². The van der Waals surface area contributed by atoms with Crippen LogP contribution in [0.4, 0.5) is 10.1 Å². The summed E-state index contributed by atoms with van der Waals surface area (Å²) in [5, 5.41) is 10.8. The number of piperidine rings is 1. The number of non-ortho nitro benzene ring substituents is 1. The topological polar surface area (TPSA) is 89.5 Å². The zero-order valence-electron chi connectivity index (χ0n) is 12.2. The molecule has 1 heterocycles. The number of amides is 1. The number of hydrogen-bond acceptors (Lipinski definition) is 4. The van der Waals surface area contributed by atoms with Crippen LogP contribution in [0.15, 0.2) is 18.2 Å². The molecule has 1 aromatic rings. The minimum Gasteiger partial charge on any atom is -0.334 e. The zero-order valence-corrected chi connectivity index (χ0v) is 13.0. The third-order valence-corrected chi connectivity index (χ3v) is 3.85. The summed E-state index contributed by atoms with van der Waals surface area (Å²) in [5.41, 5.74) is 5.28. The smallest absolute Gasteiger partial charge is 0.273 e. The number of nitro benzene ring substituents is 1. The van der Waals surface area contributed by atoms with Gasteiger partial charge in [-0.25, -0.2) is 4.39 Å². The Balaban J connectivity index is 0.00000242. The molecule has 2 rings (SSSR count). The molecule has 122 valence electrons. The maximum atomic E-state index is 13.5. The molecule has 0 spiro atoms. The molecule has 0 saturated carbocycles. The highest BCUT2D eigenvalue weighted by Crippen LogP contribution is 2.25. The van der Waals surface area contributed by atoms with Crippen LogP contribution < -0.4 is 5.73 Å². The van der Waals surface area contributed by atoms with Gasteiger partial charge in [-0.2, -0.15) is 0 Å². The second-order valence-electron chi connectivity index (χ2n) is 5.47. The van der Waals surface area contributed by atoms with Gasteiger partial charge >= 0.3 is 0 Å². The van der Waals surface area contributed by atoms with E-state index in [-0.39, 0.29) is 24.0 Å². The van der Waals surface area contributed by atoms with Crippen molar-refractivity contribution in [3.05, 3.63) is 39.7 Å². The van der Waals surface area contributed by atoms with E-state index in [1.807, 2.05) is 0 Å². The molecule has 1 amide bonds. The Hall–Kier alpha value is -1.73. The Bertz CT molecular complexity index is 570. The lowest BCUT2D eigenvalue weighted by molar-refractivity contribution is -0.385. The van der Waals surface area contributed by atoms with Crippen molar-refractivity contribution in [1.82, 2.24) is 4.90 Å². The SMILES string of the molecule is CC1CCN(C(=O)c2cc(F)cc([N+](=O)[O-])c2)C(CN)C1.Cl. The second kappa shape index (κ2) is 7.51. The summed E-state index contributed by atoms with van der Waals surface area (Å²) < 4.78 is 13.5. The van der Waals surface area contributed by atoms with Gasteiger partial charge in [-0.05, 0) is 24.8 Å². The normalized spacial score (nSPS) is 21.1. The third-order valence-electron chi connectivity index (χ3n) is 3.85. The van der Waals surface area contributed by atoms with Crippen molar-refractivity contribution in [3.8, 4) is 0 Å². The van der Waals surface area contributed by atoms with Gasteiger partial charge < -0.3 is 10.6 Å². The Morgan fingerprint density at radius 2 is 2.18 bits per heavy atom. The van der Waals surface area contributed by atoms with Gasteiger partial charge in [0.15, 0.2) is 0 Å². The molecule has 1 fully saturated rings. The van der Waals surface area contributed by atoms with Crippen LogP contribution >= 0.6 is 12.4 Å². The van der Waals surface area contributed by atoms with E-state index in [1.54, 1.807) is 4.90 Å². The molecule has 1 aromatic carbocycles. The molecular weight excluding hydrogens is 313 g/mol. The molecule has 1 saturated heterocycles. The Morgan fingerprint density at radius 3 is 2.77 bits per heavy atom. The number of nitrogens with zero attached hydrogens (tertiary/aromatic N) is 2. The summed E-state index contributed by atoms with van der Waals surface area (Å²) in [5.74, 6) is -0.716. The first kappa shape index (κ1) is 18.3. The van der Waals surface area contributed by atoms with Gasteiger partial charge in [-0.3, -0.25) is 14.9 Å². The number of nitro groups is 1. The molecule has 2 atom stereocenters. The summed E-state index contributed by atoms with van der Waals surface area (Å²) in [4.78, 5) is 24.1. The molecule has 6 nitrogen and oxygen atoms in total. The summed E-state index contributed by atoms with van der Waals surface area (Å²) in [6.45, 7) is 2.96. The van der Waals surface area contributed by atoms with Gasteiger partial charge in [0, 0.05) is 30.8 Å². The largest absolute Gasteiger partial charge is 0.334 e. The van der Waals surface area contributed by atoms with E-state index < -0.39 is 22.3 Å². The number of likely N-dealkylation sites (tertiary alicyclic amines) is 1. The van der Waals surface area contributed by atoms with Crippen LogP contribution in [0.5, 0.6) is 0 Å². The lowest BCUT2D eigenvalue weighted by Gasteiger charge is -2.38. The fourth-order valence-electron chi connectivity index (χ4n) is 2.71. The molecular formula is C14H19ClFN3O3. The fraction of sp³-hybridized carbons (Fsp3) is 0.500. The number of hydrogen-bond donors (Lipinski definition) is 1. The van der Waals surface area contributed by atoms with Gasteiger partial charge in [-0.15, -0.1) is 12.4 Å². The highest BCUT2D eigenvalue weighted by Gasteiger charge is 2.30. The van der Waals surface area contributed by atoms with Crippen LogP contribution in [0, 0.1) is 21.8 Å². The van der Waals surface area contributed by atoms with Crippen LogP contribution in [-0.2, 0) is 0 Å². The molecule has 2 unspecified atom stereocenters. The maximum absolute atomic E-state index is 13.5. The molecule has 0 aliphatic carbocycles. The van der Waals surface area contributed by atoms with Crippen LogP contribution in [0.2, 0.25) is 0 Å². The molecule has 1 aliphatic rings. The average molecular weight is 332 g/mol. The molecule has 0 aromatic heterocycles. The van der Waals surface area contributed by atoms with Crippen molar-refractivity contribution in [1.29, 1.82) is 0 Å². The van der Waals surface area contributed by atoms with Crippen LogP contribution in [0.25, 0.3) is 0 Å². The summed E-state index contributed by atoms with van der Waals surface area (Å²) in [6, 6.07) is 2.83. The molecule has 22 heavy (non-hydrogen) atoms. The van der Waals surface area contributed by atoms with Crippen molar-refractivity contribution in [3.63, 3.8) is 0 Å². The first-order valence-electron chi connectivity index (χ1n) is 6.88. The van der Waals surface area contributed by atoms with Gasteiger partial charge in [0.1, 0.15) is 5.82 Å². The molecule has 0 radical (unpaired) electrons. The Labute approximate surface area is 134 Å². The van der Waals surface area contributed by atoms with E-state index in [2.05, 4.69) is 6.92 Å². The predicted molar refractivity (Wildman–Crippen MR) is 82.6 cm³/mol. The van der Waals surface area contributed by atoms with E-state index >= 15 is 0 Å². The van der Waals surface area contributed by atoms with Crippen LogP contribution in [0.1, 0.15) is 30.1 Å². The van der Waals surface area contributed by atoms with Crippen molar-refractivity contribution in [2.45, 2.75) is 25.8 Å². The Kier molecular flexibility index (Phi) is 6.25. The first-order chi connectivity index (χ1) is 9.92. The van der Waals surface area contributed by atoms with Crippen LogP contribution in [-0.4, -0.2) is 34.9 Å². The van der Waals surface area contributed by atoms with E-state index in [1.165, 1.54) is 0 Å². The van der Waals surface area contributed by atoms with Crippen molar-refractivity contribution < 1.29 is 14.1 Å². The maximum Gasteiger partial charge on any atom is 0.273 e. The van der Waals surface area contributed by atoms with Gasteiger partial charge in [-0.1, -0.05) is 6.92 Å². The minimum atomic E-state index is -0.790. The molecule has 8 heteroatoms. The molecule has 2 N–H and O–H groups in total. The monoisotopic (exact) mass is 331 g/mol. The number of carbonyl (C=O) groups is 1. The Morgan fingerprint density at radius 1 is 1.50 bits per heavy atom.